The van der Waals surface area contributed by atoms with Crippen LogP contribution in [0.25, 0.3) is 11.2 Å². The first-order chi connectivity index (χ1) is 11.9. The maximum Gasteiger partial charge on any atom is 0.360 e. The van der Waals surface area contributed by atoms with E-state index in [1.165, 1.54) is 12.1 Å². The van der Waals surface area contributed by atoms with Gasteiger partial charge in [-0.3, -0.25) is 4.79 Å². The number of hydrogen-bond donors (Lipinski definition) is 2. The van der Waals surface area contributed by atoms with Gasteiger partial charge in [-0.05, 0) is 22.0 Å². The molecule has 3 aromatic rings. The van der Waals surface area contributed by atoms with E-state index < -0.39 is 28.9 Å². The number of thioether (sulfide) groups is 1. The molecular formula is C14H7BrF2N4O3S. The molecule has 2 heterocycles. The maximum absolute atomic E-state index is 13.7. The van der Waals surface area contributed by atoms with Crippen molar-refractivity contribution >= 4 is 44.8 Å². The SMILES string of the molecule is O=C(O)c1nc2c(Br)nc(SCc3cccc(F)c3F)nc2[nH]c1=O. The van der Waals surface area contributed by atoms with Crippen molar-refractivity contribution in [2.75, 3.05) is 0 Å². The van der Waals surface area contributed by atoms with E-state index in [0.717, 1.165) is 17.8 Å². The zero-order chi connectivity index (χ0) is 18.1. The van der Waals surface area contributed by atoms with Gasteiger partial charge in [0.1, 0.15) is 10.1 Å². The molecule has 0 aliphatic carbocycles. The van der Waals surface area contributed by atoms with Crippen LogP contribution in [0.5, 0.6) is 0 Å². The van der Waals surface area contributed by atoms with Gasteiger partial charge < -0.3 is 10.1 Å². The number of benzene rings is 1. The van der Waals surface area contributed by atoms with Gasteiger partial charge in [-0.15, -0.1) is 0 Å². The first-order valence-corrected chi connectivity index (χ1v) is 8.41. The highest BCUT2D eigenvalue weighted by molar-refractivity contribution is 9.10. The number of fused-ring (bicyclic) bond motifs is 1. The van der Waals surface area contributed by atoms with Gasteiger partial charge in [-0.2, -0.15) is 0 Å². The Balaban J connectivity index is 1.95. The van der Waals surface area contributed by atoms with E-state index in [-0.39, 0.29) is 32.2 Å². The molecule has 1 aromatic carbocycles. The van der Waals surface area contributed by atoms with Crippen LogP contribution < -0.4 is 5.56 Å². The number of H-pyrrole nitrogens is 1. The summed E-state index contributed by atoms with van der Waals surface area (Å²) in [5.41, 5.74) is -1.35. The number of carboxylic acids is 1. The number of rotatable bonds is 4. The molecule has 0 aliphatic heterocycles. The van der Waals surface area contributed by atoms with E-state index in [9.17, 15) is 18.4 Å². The van der Waals surface area contributed by atoms with Crippen molar-refractivity contribution in [3.05, 3.63) is 56.0 Å². The molecular weight excluding hydrogens is 422 g/mol. The minimum atomic E-state index is -1.48. The highest BCUT2D eigenvalue weighted by atomic mass is 79.9. The van der Waals surface area contributed by atoms with Crippen molar-refractivity contribution < 1.29 is 18.7 Å². The predicted octanol–water partition coefficient (Wildman–Crippen LogP) is 2.74. The van der Waals surface area contributed by atoms with Crippen molar-refractivity contribution in [1.29, 1.82) is 0 Å². The van der Waals surface area contributed by atoms with Crippen molar-refractivity contribution in [1.82, 2.24) is 19.9 Å². The van der Waals surface area contributed by atoms with E-state index in [0.29, 0.717) is 0 Å². The van der Waals surface area contributed by atoms with Crippen LogP contribution in [0, 0.1) is 11.6 Å². The smallest absolute Gasteiger partial charge is 0.360 e. The molecule has 0 unspecified atom stereocenters. The van der Waals surface area contributed by atoms with Crippen LogP contribution in [0.4, 0.5) is 8.78 Å². The maximum atomic E-state index is 13.7. The molecule has 0 spiro atoms. The number of carboxylic acid groups (broad SMARTS) is 1. The zero-order valence-corrected chi connectivity index (χ0v) is 14.5. The lowest BCUT2D eigenvalue weighted by Crippen LogP contribution is -2.20. The second kappa shape index (κ2) is 6.84. The Morgan fingerprint density at radius 3 is 2.76 bits per heavy atom. The lowest BCUT2D eigenvalue weighted by atomic mass is 10.2. The molecule has 0 bridgehead atoms. The predicted molar refractivity (Wildman–Crippen MR) is 88.5 cm³/mol. The highest BCUT2D eigenvalue weighted by Gasteiger charge is 2.16. The summed E-state index contributed by atoms with van der Waals surface area (Å²) in [6, 6.07) is 3.84. The highest BCUT2D eigenvalue weighted by Crippen LogP contribution is 2.25. The summed E-state index contributed by atoms with van der Waals surface area (Å²) in [6.45, 7) is 0. The van der Waals surface area contributed by atoms with Crippen molar-refractivity contribution in [2.24, 2.45) is 0 Å². The molecule has 2 N–H and O–H groups in total. The monoisotopic (exact) mass is 428 g/mol. The fraction of sp³-hybridized carbons (Fsp3) is 0.0714. The summed E-state index contributed by atoms with van der Waals surface area (Å²) in [4.78, 5) is 36.8. The van der Waals surface area contributed by atoms with Gasteiger partial charge in [0, 0.05) is 11.3 Å². The molecule has 0 saturated heterocycles. The summed E-state index contributed by atoms with van der Waals surface area (Å²) in [5.74, 6) is -3.31. The Kier molecular flexibility index (Phi) is 4.77. The summed E-state index contributed by atoms with van der Waals surface area (Å²) in [5, 5.41) is 9.09. The first kappa shape index (κ1) is 17.4. The Hall–Kier alpha value is -2.40. The fourth-order valence-electron chi connectivity index (χ4n) is 1.94. The van der Waals surface area contributed by atoms with Gasteiger partial charge in [-0.25, -0.2) is 28.5 Å². The van der Waals surface area contributed by atoms with E-state index >= 15 is 0 Å². The van der Waals surface area contributed by atoms with Crippen LogP contribution in [0.2, 0.25) is 0 Å². The standard InChI is InChI=1S/C14H7BrF2N4O3S/c15-10-8-11(20-12(22)9(18-8)13(23)24)21-14(19-10)25-4-5-2-1-3-6(16)7(5)17/h1-3H,4H2,(H,23,24)(H,19,20,21,22). The van der Waals surface area contributed by atoms with Gasteiger partial charge >= 0.3 is 5.97 Å². The van der Waals surface area contributed by atoms with E-state index in [1.807, 2.05) is 0 Å². The number of aromatic amines is 1. The summed E-state index contributed by atoms with van der Waals surface area (Å²) in [7, 11) is 0. The molecule has 0 radical (unpaired) electrons. The third kappa shape index (κ3) is 3.51. The lowest BCUT2D eigenvalue weighted by molar-refractivity contribution is 0.0689. The molecule has 0 atom stereocenters. The van der Waals surface area contributed by atoms with E-state index in [2.05, 4.69) is 35.9 Å². The molecule has 128 valence electrons. The first-order valence-electron chi connectivity index (χ1n) is 6.63. The average molecular weight is 429 g/mol. The van der Waals surface area contributed by atoms with Crippen LogP contribution in [0.1, 0.15) is 16.1 Å². The Bertz CT molecular complexity index is 1060. The van der Waals surface area contributed by atoms with Crippen molar-refractivity contribution in [2.45, 2.75) is 10.9 Å². The number of aromatic nitrogens is 4. The second-order valence-electron chi connectivity index (χ2n) is 4.72. The minimum absolute atomic E-state index is 0.0269. The molecule has 0 saturated carbocycles. The Morgan fingerprint density at radius 2 is 2.04 bits per heavy atom. The quantitative estimate of drug-likeness (QED) is 0.373. The van der Waals surface area contributed by atoms with E-state index in [1.54, 1.807) is 0 Å². The topological polar surface area (TPSA) is 109 Å². The summed E-state index contributed by atoms with van der Waals surface area (Å²) in [6.07, 6.45) is 0. The van der Waals surface area contributed by atoms with Gasteiger partial charge in [0.05, 0.1) is 0 Å². The van der Waals surface area contributed by atoms with Crippen LogP contribution >= 0.6 is 27.7 Å². The van der Waals surface area contributed by atoms with Gasteiger partial charge in [-0.1, -0.05) is 23.9 Å². The molecule has 3 rings (SSSR count). The van der Waals surface area contributed by atoms with E-state index in [4.69, 9.17) is 5.11 Å². The molecule has 2 aromatic heterocycles. The number of halogens is 3. The normalized spacial score (nSPS) is 11.0. The van der Waals surface area contributed by atoms with Gasteiger partial charge in [0.15, 0.2) is 22.4 Å². The average Bonchev–Trinajstić information content (AvgIpc) is 2.55. The Morgan fingerprint density at radius 1 is 1.28 bits per heavy atom. The van der Waals surface area contributed by atoms with Crippen molar-refractivity contribution in [3.63, 3.8) is 0 Å². The zero-order valence-electron chi connectivity index (χ0n) is 12.1. The third-order valence-electron chi connectivity index (χ3n) is 3.08. The molecule has 0 aliphatic rings. The fourth-order valence-corrected chi connectivity index (χ4v) is 3.32. The molecule has 7 nitrogen and oxygen atoms in total. The van der Waals surface area contributed by atoms with Crippen LogP contribution in [0.3, 0.4) is 0 Å². The molecule has 11 heteroatoms. The van der Waals surface area contributed by atoms with Gasteiger partial charge in [0.2, 0.25) is 5.69 Å². The van der Waals surface area contributed by atoms with Gasteiger partial charge in [0.25, 0.3) is 5.56 Å². The molecule has 25 heavy (non-hydrogen) atoms. The second-order valence-corrected chi connectivity index (χ2v) is 6.41. The summed E-state index contributed by atoms with van der Waals surface area (Å²) >= 11 is 4.15. The lowest BCUT2D eigenvalue weighted by Gasteiger charge is -2.05. The Labute approximate surface area is 150 Å². The molecule has 0 amide bonds. The number of nitrogens with one attached hydrogen (secondary N) is 1. The van der Waals surface area contributed by atoms with Crippen LogP contribution in [0.15, 0.2) is 32.8 Å². The van der Waals surface area contributed by atoms with Crippen molar-refractivity contribution in [3.8, 4) is 0 Å². The third-order valence-corrected chi connectivity index (χ3v) is 4.53. The number of carbonyl (C=O) groups is 1. The number of nitrogens with zero attached hydrogens (tertiary/aromatic N) is 3. The number of hydrogen-bond acceptors (Lipinski definition) is 6. The number of aromatic carboxylic acids is 1. The van der Waals surface area contributed by atoms with Crippen LogP contribution in [-0.4, -0.2) is 31.0 Å². The van der Waals surface area contributed by atoms with Crippen LogP contribution in [-0.2, 0) is 5.75 Å². The molecule has 0 fully saturated rings. The minimum Gasteiger partial charge on any atom is -0.476 e. The largest absolute Gasteiger partial charge is 0.476 e. The summed E-state index contributed by atoms with van der Waals surface area (Å²) < 4.78 is 27.0.